The molecule has 2 rings (SSSR count). The summed E-state index contributed by atoms with van der Waals surface area (Å²) >= 11 is 0. The van der Waals surface area contributed by atoms with E-state index >= 15 is 0 Å². The lowest BCUT2D eigenvalue weighted by Gasteiger charge is -2.10. The van der Waals surface area contributed by atoms with Gasteiger partial charge in [0.2, 0.25) is 5.91 Å². The third-order valence-electron chi connectivity index (χ3n) is 2.92. The van der Waals surface area contributed by atoms with Gasteiger partial charge in [0.25, 0.3) is 5.91 Å². The van der Waals surface area contributed by atoms with E-state index in [2.05, 4.69) is 21.7 Å². The van der Waals surface area contributed by atoms with Crippen molar-refractivity contribution in [3.8, 4) is 0 Å². The predicted molar refractivity (Wildman–Crippen MR) is 83.8 cm³/mol. The summed E-state index contributed by atoms with van der Waals surface area (Å²) in [6.07, 6.45) is -0.0308. The fourth-order valence-corrected chi connectivity index (χ4v) is 1.76. The monoisotopic (exact) mass is 330 g/mol. The first-order chi connectivity index (χ1) is 11.5. The zero-order chi connectivity index (χ0) is 17.4. The second-order valence-electron chi connectivity index (χ2n) is 4.75. The van der Waals surface area contributed by atoms with Crippen LogP contribution >= 0.6 is 0 Å². The maximum atomic E-state index is 12.8. The Labute approximate surface area is 137 Å². The highest BCUT2D eigenvalue weighted by Crippen LogP contribution is 2.03. The molecule has 0 aliphatic rings. The number of hydrogen-bond acceptors (Lipinski definition) is 3. The molecule has 2 aromatic carbocycles. The van der Waals surface area contributed by atoms with Gasteiger partial charge in [-0.3, -0.25) is 20.4 Å². The van der Waals surface area contributed by atoms with Crippen LogP contribution in [0.5, 0.6) is 0 Å². The average Bonchev–Trinajstić information content (AvgIpc) is 2.60. The van der Waals surface area contributed by atoms with Gasteiger partial charge in [-0.1, -0.05) is 30.3 Å². The van der Waals surface area contributed by atoms with Crippen LogP contribution in [0.1, 0.15) is 15.9 Å². The summed E-state index contributed by atoms with van der Waals surface area (Å²) < 4.78 is 12.8. The second-order valence-corrected chi connectivity index (χ2v) is 4.75. The molecule has 4 amide bonds. The molecule has 0 atom stereocenters. The van der Waals surface area contributed by atoms with Crippen LogP contribution in [0.25, 0.3) is 0 Å². The van der Waals surface area contributed by atoms with Gasteiger partial charge in [-0.15, -0.1) is 0 Å². The Morgan fingerprint density at radius 2 is 1.42 bits per heavy atom. The number of carbonyl (C=O) groups excluding carboxylic acids is 3. The Morgan fingerprint density at radius 1 is 0.792 bits per heavy atom. The zero-order valence-electron chi connectivity index (χ0n) is 12.5. The molecule has 0 saturated heterocycles. The highest BCUT2D eigenvalue weighted by atomic mass is 19.1. The van der Waals surface area contributed by atoms with Crippen LogP contribution in [0, 0.1) is 5.82 Å². The molecule has 7 nitrogen and oxygen atoms in total. The van der Waals surface area contributed by atoms with Crippen LogP contribution in [-0.4, -0.2) is 17.8 Å². The highest BCUT2D eigenvalue weighted by molar-refractivity contribution is 5.95. The molecular weight excluding hydrogens is 315 g/mol. The van der Waals surface area contributed by atoms with Gasteiger partial charge >= 0.3 is 6.03 Å². The molecular formula is C16H15FN4O3. The lowest BCUT2D eigenvalue weighted by Crippen LogP contribution is -2.52. The van der Waals surface area contributed by atoms with Gasteiger partial charge in [-0.25, -0.2) is 20.0 Å². The highest BCUT2D eigenvalue weighted by Gasteiger charge is 2.08. The fraction of sp³-hybridized carbons (Fsp3) is 0.0625. The zero-order valence-corrected chi connectivity index (χ0v) is 12.5. The van der Waals surface area contributed by atoms with Gasteiger partial charge in [-0.05, 0) is 29.8 Å². The van der Waals surface area contributed by atoms with Crippen molar-refractivity contribution < 1.29 is 18.8 Å². The number of hydrogen-bond donors (Lipinski definition) is 4. The Morgan fingerprint density at radius 3 is 2.08 bits per heavy atom. The molecule has 0 aromatic heterocycles. The largest absolute Gasteiger partial charge is 0.352 e. The summed E-state index contributed by atoms with van der Waals surface area (Å²) in [6.45, 7) is 0. The molecule has 124 valence electrons. The fourth-order valence-electron chi connectivity index (χ4n) is 1.76. The number of carbonyl (C=O) groups is 3. The van der Waals surface area contributed by atoms with Crippen molar-refractivity contribution in [2.24, 2.45) is 0 Å². The van der Waals surface area contributed by atoms with Crippen LogP contribution in [0.3, 0.4) is 0 Å². The number of halogens is 1. The quantitative estimate of drug-likeness (QED) is 0.633. The average molecular weight is 330 g/mol. The molecule has 24 heavy (non-hydrogen) atoms. The van der Waals surface area contributed by atoms with Crippen LogP contribution < -0.4 is 21.7 Å². The number of nitrogens with one attached hydrogen (secondary N) is 4. The standard InChI is InChI=1S/C16H15FN4O3/c17-13-8-6-11(7-9-13)10-14(22)18-20-16(24)21-19-15(23)12-4-2-1-3-5-12/h1-9H,10H2,(H,18,22)(H,19,23)(H2,20,21,24). The van der Waals surface area contributed by atoms with Crippen molar-refractivity contribution in [1.82, 2.24) is 21.7 Å². The van der Waals surface area contributed by atoms with Crippen LogP contribution in [0.15, 0.2) is 54.6 Å². The number of amides is 4. The normalized spacial score (nSPS) is 9.71. The first-order valence-electron chi connectivity index (χ1n) is 6.99. The molecule has 2 aromatic rings. The summed E-state index contributed by atoms with van der Waals surface area (Å²) in [4.78, 5) is 34.8. The van der Waals surface area contributed by atoms with Gasteiger partial charge in [0.05, 0.1) is 6.42 Å². The molecule has 0 heterocycles. The molecule has 0 aliphatic heterocycles. The smallest absolute Gasteiger partial charge is 0.273 e. The topological polar surface area (TPSA) is 99.3 Å². The molecule has 0 saturated carbocycles. The number of urea groups is 1. The van der Waals surface area contributed by atoms with Crippen molar-refractivity contribution in [1.29, 1.82) is 0 Å². The lowest BCUT2D eigenvalue weighted by atomic mass is 10.1. The van der Waals surface area contributed by atoms with E-state index in [4.69, 9.17) is 0 Å². The molecule has 8 heteroatoms. The first kappa shape index (κ1) is 16.9. The van der Waals surface area contributed by atoms with Gasteiger partial charge in [0.15, 0.2) is 0 Å². The molecule has 0 radical (unpaired) electrons. The Kier molecular flexibility index (Phi) is 5.84. The Balaban J connectivity index is 1.70. The van der Waals surface area contributed by atoms with Crippen molar-refractivity contribution in [3.63, 3.8) is 0 Å². The minimum atomic E-state index is -0.813. The maximum absolute atomic E-state index is 12.8. The molecule has 0 bridgehead atoms. The predicted octanol–water partition coefficient (Wildman–Crippen LogP) is 1.04. The SMILES string of the molecule is O=C(Cc1ccc(F)cc1)NNC(=O)NNC(=O)c1ccccc1. The summed E-state index contributed by atoms with van der Waals surface area (Å²) in [7, 11) is 0. The molecule has 4 N–H and O–H groups in total. The molecule has 0 spiro atoms. The van der Waals surface area contributed by atoms with E-state index in [-0.39, 0.29) is 6.42 Å². The van der Waals surface area contributed by atoms with E-state index in [1.54, 1.807) is 30.3 Å². The second kappa shape index (κ2) is 8.28. The maximum Gasteiger partial charge on any atom is 0.352 e. The summed E-state index contributed by atoms with van der Waals surface area (Å²) in [5.74, 6) is -1.39. The van der Waals surface area contributed by atoms with Gasteiger partial charge < -0.3 is 0 Å². The first-order valence-corrected chi connectivity index (χ1v) is 6.99. The number of benzene rings is 2. The van der Waals surface area contributed by atoms with Gasteiger partial charge in [0, 0.05) is 5.56 Å². The van der Waals surface area contributed by atoms with E-state index < -0.39 is 23.7 Å². The van der Waals surface area contributed by atoms with E-state index in [1.165, 1.54) is 24.3 Å². The Hall–Kier alpha value is -3.42. The third-order valence-corrected chi connectivity index (χ3v) is 2.92. The number of hydrazine groups is 2. The van der Waals surface area contributed by atoms with Crippen molar-refractivity contribution in [2.75, 3.05) is 0 Å². The van der Waals surface area contributed by atoms with E-state index in [9.17, 15) is 18.8 Å². The van der Waals surface area contributed by atoms with E-state index in [0.29, 0.717) is 11.1 Å². The summed E-state index contributed by atoms with van der Waals surface area (Å²) in [5.41, 5.74) is 9.49. The van der Waals surface area contributed by atoms with Crippen LogP contribution in [0.2, 0.25) is 0 Å². The van der Waals surface area contributed by atoms with Gasteiger partial charge in [0.1, 0.15) is 5.82 Å². The minimum Gasteiger partial charge on any atom is -0.273 e. The molecule has 0 fully saturated rings. The van der Waals surface area contributed by atoms with E-state index in [1.807, 2.05) is 0 Å². The molecule has 0 unspecified atom stereocenters. The minimum absolute atomic E-state index is 0.0308. The van der Waals surface area contributed by atoms with Crippen molar-refractivity contribution in [2.45, 2.75) is 6.42 Å². The van der Waals surface area contributed by atoms with Crippen LogP contribution in [-0.2, 0) is 11.2 Å². The third kappa shape index (κ3) is 5.41. The van der Waals surface area contributed by atoms with Crippen molar-refractivity contribution >= 4 is 17.8 Å². The number of rotatable bonds is 3. The molecule has 0 aliphatic carbocycles. The summed E-state index contributed by atoms with van der Waals surface area (Å²) in [5, 5.41) is 0. The Bertz CT molecular complexity index is 720. The lowest BCUT2D eigenvalue weighted by molar-refractivity contribution is -0.121. The van der Waals surface area contributed by atoms with Crippen LogP contribution in [0.4, 0.5) is 9.18 Å². The van der Waals surface area contributed by atoms with E-state index in [0.717, 1.165) is 0 Å². The van der Waals surface area contributed by atoms with Crippen molar-refractivity contribution in [3.05, 3.63) is 71.5 Å². The van der Waals surface area contributed by atoms with Gasteiger partial charge in [-0.2, -0.15) is 0 Å². The summed E-state index contributed by atoms with van der Waals surface area (Å²) in [6, 6.07) is 12.9.